The summed E-state index contributed by atoms with van der Waals surface area (Å²) in [5, 5.41) is 110. The lowest BCUT2D eigenvalue weighted by Gasteiger charge is -2.49. The van der Waals surface area contributed by atoms with E-state index < -0.39 is 156 Å². The van der Waals surface area contributed by atoms with Gasteiger partial charge in [0.1, 0.15) is 98.7 Å². The second-order valence-electron chi connectivity index (χ2n) is 27.8. The van der Waals surface area contributed by atoms with Crippen molar-refractivity contribution >= 4 is 25.7 Å². The van der Waals surface area contributed by atoms with Gasteiger partial charge in [-0.15, -0.1) is 0 Å². The van der Waals surface area contributed by atoms with Crippen molar-refractivity contribution in [3.05, 3.63) is 36.5 Å². The van der Waals surface area contributed by atoms with E-state index in [0.29, 0.717) is 19.3 Å². The maximum absolute atomic E-state index is 14.3. The van der Waals surface area contributed by atoms with Crippen LogP contribution in [0.15, 0.2) is 36.5 Å². The largest absolute Gasteiger partial charge is 0.472 e. The van der Waals surface area contributed by atoms with Crippen LogP contribution in [0.3, 0.4) is 0 Å². The van der Waals surface area contributed by atoms with E-state index in [0.717, 1.165) is 109 Å². The summed E-state index contributed by atoms with van der Waals surface area (Å²) in [4.78, 5) is 50.9. The molecule has 18 atom stereocenters. The number of carbonyl (C=O) groups is 3. The van der Waals surface area contributed by atoms with Crippen LogP contribution in [0.2, 0.25) is 0 Å². The number of hydrogen-bond donors (Lipinski definition) is 11. The molecule has 0 spiro atoms. The third kappa shape index (κ3) is 39.0. The first kappa shape index (κ1) is 91.4. The molecule has 3 aliphatic rings. The number of hydrogen-bond acceptors (Lipinski definition) is 23. The molecule has 18 unspecified atom stereocenters. The van der Waals surface area contributed by atoms with Gasteiger partial charge in [0.05, 0.1) is 13.2 Å². The van der Waals surface area contributed by atoms with E-state index in [2.05, 4.69) is 32.9 Å². The Morgan fingerprint density at radius 1 is 0.410 bits per heavy atom. The number of phosphoric ester groups is 1. The van der Waals surface area contributed by atoms with E-state index in [-0.39, 0.29) is 12.8 Å². The van der Waals surface area contributed by atoms with Crippen LogP contribution in [0.25, 0.3) is 0 Å². The number of phosphoric acid groups is 1. The lowest BCUT2D eigenvalue weighted by atomic mass is 9.84. The van der Waals surface area contributed by atoms with Gasteiger partial charge in [-0.3, -0.25) is 18.6 Å². The average molecular weight is 1450 g/mol. The van der Waals surface area contributed by atoms with E-state index >= 15 is 0 Å². The number of aliphatic hydroxyl groups excluding tert-OH is 10. The molecule has 0 aromatic carbocycles. The Kier molecular flexibility index (Phi) is 51.6. The molecule has 2 heterocycles. The molecule has 584 valence electrons. The zero-order chi connectivity index (χ0) is 73.2. The van der Waals surface area contributed by atoms with Gasteiger partial charge in [-0.1, -0.05) is 257 Å². The first-order chi connectivity index (χ1) is 48.3. The molecule has 0 amide bonds. The smallest absolute Gasteiger partial charge is 0.463 e. The van der Waals surface area contributed by atoms with Crippen LogP contribution in [0.1, 0.15) is 290 Å². The van der Waals surface area contributed by atoms with Crippen molar-refractivity contribution in [2.75, 3.05) is 26.4 Å². The maximum Gasteiger partial charge on any atom is 0.472 e. The number of aliphatic hydroxyl groups is 10. The molecular weight excluding hydrogens is 1320 g/mol. The quantitative estimate of drug-likeness (QED) is 0.00512. The number of unbranched alkanes of at least 4 members (excludes halogenated alkanes) is 36. The van der Waals surface area contributed by atoms with Crippen LogP contribution in [-0.2, 0) is 61.2 Å². The highest BCUT2D eigenvalue weighted by Crippen LogP contribution is 2.49. The van der Waals surface area contributed by atoms with Gasteiger partial charge in [0, 0.05) is 18.9 Å². The van der Waals surface area contributed by atoms with Gasteiger partial charge in [0.25, 0.3) is 0 Å². The molecule has 2 saturated heterocycles. The van der Waals surface area contributed by atoms with Gasteiger partial charge in [0.15, 0.2) is 18.7 Å². The molecule has 0 aromatic rings. The molecule has 1 aliphatic carbocycles. The highest BCUT2D eigenvalue weighted by molar-refractivity contribution is 7.47. The second kappa shape index (κ2) is 56.5. The van der Waals surface area contributed by atoms with Gasteiger partial charge in [-0.25, -0.2) is 9.36 Å². The molecule has 1 saturated carbocycles. The van der Waals surface area contributed by atoms with Crippen LogP contribution in [0.4, 0.5) is 0 Å². The third-order valence-electron chi connectivity index (χ3n) is 19.0. The van der Waals surface area contributed by atoms with E-state index in [4.69, 9.17) is 42.2 Å². The maximum atomic E-state index is 14.3. The summed E-state index contributed by atoms with van der Waals surface area (Å²) in [6.07, 6.45) is 19.8. The van der Waals surface area contributed by atoms with Gasteiger partial charge < -0.3 is 89.1 Å². The SMILES string of the molecule is CCCCCC/C=C\CCCCCCCCCC(=O)OC(COC(=O)/C=C/C=C/CCCCCCCCCCCCC)COP(=O)(O)OC1C(OC2OC(CO)C(O)C(O)C2O)C(O)C(O)C(O)C1OC1OC(COC(=O)CCCCCCCCCCCCCCCCC)C(O)C(O)C1O. The zero-order valence-corrected chi connectivity index (χ0v) is 61.9. The second-order valence-corrected chi connectivity index (χ2v) is 29.2. The van der Waals surface area contributed by atoms with Crippen molar-refractivity contribution < 1.29 is 117 Å². The first-order valence-corrected chi connectivity index (χ1v) is 40.3. The summed E-state index contributed by atoms with van der Waals surface area (Å²) in [5.41, 5.74) is 0. The minimum absolute atomic E-state index is 0.0279. The lowest BCUT2D eigenvalue weighted by molar-refractivity contribution is -0.360. The number of rotatable bonds is 60. The summed E-state index contributed by atoms with van der Waals surface area (Å²) in [7, 11) is -5.72. The molecule has 11 N–H and O–H groups in total. The van der Waals surface area contributed by atoms with E-state index in [1.165, 1.54) is 141 Å². The fraction of sp³-hybridized carbons (Fsp3) is 0.880. The van der Waals surface area contributed by atoms with Gasteiger partial charge >= 0.3 is 25.7 Å². The predicted octanol–water partition coefficient (Wildman–Crippen LogP) is 11.1. The van der Waals surface area contributed by atoms with Gasteiger partial charge in [-0.2, -0.15) is 0 Å². The number of ether oxygens (including phenoxy) is 7. The number of esters is 3. The lowest BCUT2D eigenvalue weighted by Crippen LogP contribution is -2.69. The first-order valence-electron chi connectivity index (χ1n) is 38.8. The van der Waals surface area contributed by atoms with Crippen LogP contribution in [0, 0.1) is 0 Å². The van der Waals surface area contributed by atoms with E-state index in [9.17, 15) is 74.9 Å². The van der Waals surface area contributed by atoms with Crippen LogP contribution in [0.5, 0.6) is 0 Å². The number of allylic oxidation sites excluding steroid dienone is 5. The Balaban J connectivity index is 1.74. The molecule has 24 nitrogen and oxygen atoms in total. The van der Waals surface area contributed by atoms with Crippen molar-refractivity contribution in [3.63, 3.8) is 0 Å². The summed E-state index contributed by atoms with van der Waals surface area (Å²) in [5.74, 6) is -2.25. The van der Waals surface area contributed by atoms with Gasteiger partial charge in [-0.05, 0) is 51.4 Å². The van der Waals surface area contributed by atoms with E-state index in [1.807, 2.05) is 6.08 Å². The summed E-state index contributed by atoms with van der Waals surface area (Å²) in [6.45, 7) is 3.33. The van der Waals surface area contributed by atoms with Crippen molar-refractivity contribution in [1.29, 1.82) is 0 Å². The Labute approximate surface area is 597 Å². The average Bonchev–Trinajstić information content (AvgIpc) is 0.761. The Hall–Kier alpha value is -2.82. The van der Waals surface area contributed by atoms with Crippen molar-refractivity contribution in [3.8, 4) is 0 Å². The molecule has 0 aromatic heterocycles. The zero-order valence-electron chi connectivity index (χ0n) is 61.0. The third-order valence-corrected chi connectivity index (χ3v) is 20.0. The van der Waals surface area contributed by atoms with Crippen molar-refractivity contribution in [2.45, 2.75) is 395 Å². The van der Waals surface area contributed by atoms with E-state index in [1.54, 1.807) is 6.08 Å². The normalized spacial score (nSPS) is 27.5. The molecule has 3 rings (SSSR count). The van der Waals surface area contributed by atoms with Crippen LogP contribution < -0.4 is 0 Å². The summed E-state index contributed by atoms with van der Waals surface area (Å²) >= 11 is 0. The standard InChI is InChI=1S/C75H135O24P/c1-4-7-10-13-16-19-22-25-28-31-34-37-40-43-46-49-59(77)91-53-56(94-61(79)51-48-45-42-39-36-33-30-27-24-21-18-15-12-9-6-3)54-93-100(89,90)99-73-71(97-74-69(87)64(82)62(80)57(52-76)95-74)67(85)66(84)68(86)72(73)98-75-70(88)65(83)63(81)58(96-75)55-92-60(78)50-47-44-41-38-35-32-29-26-23-20-17-14-11-8-5-2/h21,24,40,43,46,49,56-58,62-76,80-88H,4-20,22-23,25-39,41-42,44-45,47-48,50-55H2,1-3H3,(H,89,90)/b24-21-,43-40+,49-46+. The molecule has 0 bridgehead atoms. The fourth-order valence-corrected chi connectivity index (χ4v) is 13.6. The summed E-state index contributed by atoms with van der Waals surface area (Å²) < 4.78 is 64.9. The Bertz CT molecular complexity index is 2210. The molecule has 100 heavy (non-hydrogen) atoms. The van der Waals surface area contributed by atoms with Crippen LogP contribution >= 0.6 is 7.82 Å². The van der Waals surface area contributed by atoms with Gasteiger partial charge in [0.2, 0.25) is 0 Å². The molecule has 25 heteroatoms. The topological polar surface area (TPSA) is 374 Å². The van der Waals surface area contributed by atoms with Crippen molar-refractivity contribution in [2.24, 2.45) is 0 Å². The highest BCUT2D eigenvalue weighted by Gasteiger charge is 2.58. The number of carbonyl (C=O) groups excluding carboxylic acids is 3. The minimum Gasteiger partial charge on any atom is -0.463 e. The molecule has 0 radical (unpaired) electrons. The molecule has 3 fully saturated rings. The Morgan fingerprint density at radius 2 is 0.780 bits per heavy atom. The highest BCUT2D eigenvalue weighted by atomic mass is 31.2. The van der Waals surface area contributed by atoms with Crippen molar-refractivity contribution in [1.82, 2.24) is 0 Å². The minimum atomic E-state index is -5.72. The monoisotopic (exact) mass is 1450 g/mol. The fourth-order valence-electron chi connectivity index (χ4n) is 12.7. The molecule has 2 aliphatic heterocycles. The summed E-state index contributed by atoms with van der Waals surface area (Å²) in [6, 6.07) is 0. The van der Waals surface area contributed by atoms with Crippen LogP contribution in [-0.4, -0.2) is 204 Å². The Morgan fingerprint density at radius 3 is 1.22 bits per heavy atom. The molecular formula is C75H135O24P. The predicted molar refractivity (Wildman–Crippen MR) is 379 cm³/mol.